The minimum Gasteiger partial charge on any atom is -0.377 e. The van der Waals surface area contributed by atoms with Crippen LogP contribution in [0.2, 0.25) is 0 Å². The molecule has 0 saturated heterocycles. The van der Waals surface area contributed by atoms with Crippen molar-refractivity contribution in [1.29, 1.82) is 0 Å². The van der Waals surface area contributed by atoms with E-state index in [0.717, 1.165) is 12.3 Å². The zero-order valence-corrected chi connectivity index (χ0v) is 13.5. The van der Waals surface area contributed by atoms with Crippen LogP contribution >= 0.6 is 15.9 Å². The van der Waals surface area contributed by atoms with Gasteiger partial charge in [0, 0.05) is 17.5 Å². The number of ether oxygens (including phenoxy) is 1. The molecule has 2 rings (SSSR count). The largest absolute Gasteiger partial charge is 0.377 e. The van der Waals surface area contributed by atoms with Gasteiger partial charge in [-0.2, -0.15) is 8.42 Å². The van der Waals surface area contributed by atoms with E-state index in [1.807, 2.05) is 0 Å². The van der Waals surface area contributed by atoms with Crippen LogP contribution in [0.1, 0.15) is 5.56 Å². The lowest BCUT2D eigenvalue weighted by Gasteiger charge is -2.24. The van der Waals surface area contributed by atoms with Gasteiger partial charge < -0.3 is 4.74 Å². The number of hydrogen-bond acceptors (Lipinski definition) is 4. The molecule has 0 aromatic heterocycles. The van der Waals surface area contributed by atoms with Gasteiger partial charge in [0.1, 0.15) is 11.6 Å². The second kappa shape index (κ2) is 6.51. The van der Waals surface area contributed by atoms with Crippen LogP contribution in [-0.4, -0.2) is 34.5 Å². The SMILES string of the molecule is CS(=O)(=O)OCC1COCC=C1c1cc(Br)c(F)cc1F. The zero-order valence-electron chi connectivity index (χ0n) is 11.1. The summed E-state index contributed by atoms with van der Waals surface area (Å²) in [5, 5.41) is 0. The number of halogens is 3. The summed E-state index contributed by atoms with van der Waals surface area (Å²) < 4.78 is 59.5. The summed E-state index contributed by atoms with van der Waals surface area (Å²) in [6, 6.07) is 2.11. The highest BCUT2D eigenvalue weighted by atomic mass is 79.9. The third-order valence-electron chi connectivity index (χ3n) is 2.98. The molecule has 1 heterocycles. The van der Waals surface area contributed by atoms with Crippen LogP contribution in [0.3, 0.4) is 0 Å². The molecule has 8 heteroatoms. The van der Waals surface area contributed by atoms with Gasteiger partial charge in [-0.05, 0) is 27.6 Å². The average Bonchev–Trinajstić information content (AvgIpc) is 2.40. The molecule has 1 atom stereocenters. The molecule has 0 spiro atoms. The zero-order chi connectivity index (χ0) is 15.6. The monoisotopic (exact) mass is 382 g/mol. The Morgan fingerprint density at radius 3 is 2.76 bits per heavy atom. The molecule has 0 radical (unpaired) electrons. The molecule has 0 amide bonds. The number of benzene rings is 1. The second-order valence-corrected chi connectivity index (χ2v) is 7.13. The molecule has 1 unspecified atom stereocenters. The number of rotatable bonds is 4. The highest BCUT2D eigenvalue weighted by Crippen LogP contribution is 2.32. The van der Waals surface area contributed by atoms with Crippen LogP contribution in [0.5, 0.6) is 0 Å². The Morgan fingerprint density at radius 2 is 2.10 bits per heavy atom. The van der Waals surface area contributed by atoms with E-state index in [0.29, 0.717) is 5.57 Å². The summed E-state index contributed by atoms with van der Waals surface area (Å²) in [5.74, 6) is -1.86. The highest BCUT2D eigenvalue weighted by molar-refractivity contribution is 9.10. The van der Waals surface area contributed by atoms with Crippen LogP contribution in [0.25, 0.3) is 5.57 Å². The third kappa shape index (κ3) is 4.32. The van der Waals surface area contributed by atoms with Crippen molar-refractivity contribution in [2.24, 2.45) is 5.92 Å². The standard InChI is InChI=1S/C13H13BrF2O4S/c1-21(17,18)20-7-8-6-19-3-2-9(8)10-4-11(14)13(16)5-12(10)15/h2,4-5,8H,3,6-7H2,1H3. The molecule has 21 heavy (non-hydrogen) atoms. The fourth-order valence-electron chi connectivity index (χ4n) is 2.03. The molecule has 0 aliphatic carbocycles. The van der Waals surface area contributed by atoms with Crippen LogP contribution < -0.4 is 0 Å². The van der Waals surface area contributed by atoms with Gasteiger partial charge in [0.05, 0.1) is 30.5 Å². The van der Waals surface area contributed by atoms with Crippen molar-refractivity contribution >= 4 is 31.6 Å². The summed E-state index contributed by atoms with van der Waals surface area (Å²) in [6.45, 7) is 0.327. The van der Waals surface area contributed by atoms with Gasteiger partial charge in [-0.1, -0.05) is 6.08 Å². The summed E-state index contributed by atoms with van der Waals surface area (Å²) in [5.41, 5.74) is 0.747. The molecule has 0 saturated carbocycles. The van der Waals surface area contributed by atoms with E-state index in [-0.39, 0.29) is 29.9 Å². The topological polar surface area (TPSA) is 52.6 Å². The molecule has 4 nitrogen and oxygen atoms in total. The molecule has 116 valence electrons. The van der Waals surface area contributed by atoms with E-state index in [1.165, 1.54) is 6.07 Å². The molecule has 0 fully saturated rings. The lowest BCUT2D eigenvalue weighted by Crippen LogP contribution is -2.24. The average molecular weight is 383 g/mol. The predicted octanol–water partition coefficient (Wildman–Crippen LogP) is 2.73. The van der Waals surface area contributed by atoms with Crippen molar-refractivity contribution in [1.82, 2.24) is 0 Å². The summed E-state index contributed by atoms with van der Waals surface area (Å²) in [6.07, 6.45) is 2.58. The lowest BCUT2D eigenvalue weighted by atomic mass is 9.91. The summed E-state index contributed by atoms with van der Waals surface area (Å²) in [4.78, 5) is 0. The van der Waals surface area contributed by atoms with Gasteiger partial charge in [-0.25, -0.2) is 8.78 Å². The smallest absolute Gasteiger partial charge is 0.264 e. The lowest BCUT2D eigenvalue weighted by molar-refractivity contribution is 0.110. The number of hydrogen-bond donors (Lipinski definition) is 0. The molecule has 0 bridgehead atoms. The van der Waals surface area contributed by atoms with Crippen molar-refractivity contribution in [2.45, 2.75) is 0 Å². The summed E-state index contributed by atoms with van der Waals surface area (Å²) in [7, 11) is -3.60. The highest BCUT2D eigenvalue weighted by Gasteiger charge is 2.24. The van der Waals surface area contributed by atoms with Gasteiger partial charge >= 0.3 is 0 Å². The fraction of sp³-hybridized carbons (Fsp3) is 0.385. The first kappa shape index (κ1) is 16.5. The maximum atomic E-state index is 14.0. The van der Waals surface area contributed by atoms with E-state index < -0.39 is 27.7 Å². The van der Waals surface area contributed by atoms with Crippen molar-refractivity contribution < 1.29 is 26.1 Å². The maximum Gasteiger partial charge on any atom is 0.264 e. The van der Waals surface area contributed by atoms with Crippen molar-refractivity contribution in [3.05, 3.63) is 39.9 Å². The van der Waals surface area contributed by atoms with Crippen LogP contribution in [-0.2, 0) is 19.0 Å². The van der Waals surface area contributed by atoms with Gasteiger partial charge in [0.25, 0.3) is 10.1 Å². The molecule has 1 aromatic rings. The van der Waals surface area contributed by atoms with Gasteiger partial charge in [0.2, 0.25) is 0 Å². The van der Waals surface area contributed by atoms with E-state index in [9.17, 15) is 17.2 Å². The fourth-order valence-corrected chi connectivity index (χ4v) is 2.79. The first-order valence-electron chi connectivity index (χ1n) is 6.05. The maximum absolute atomic E-state index is 14.0. The van der Waals surface area contributed by atoms with Crippen molar-refractivity contribution in [3.8, 4) is 0 Å². The minimum absolute atomic E-state index is 0.133. The Bertz CT molecular complexity index is 673. The minimum atomic E-state index is -3.60. The molecule has 1 aliphatic heterocycles. The van der Waals surface area contributed by atoms with Gasteiger partial charge in [0.15, 0.2) is 0 Å². The van der Waals surface area contributed by atoms with Crippen LogP contribution in [0.15, 0.2) is 22.7 Å². The Balaban J connectivity index is 2.31. The van der Waals surface area contributed by atoms with E-state index in [1.54, 1.807) is 6.08 Å². The first-order valence-corrected chi connectivity index (χ1v) is 8.66. The van der Waals surface area contributed by atoms with Crippen LogP contribution in [0.4, 0.5) is 8.78 Å². The Morgan fingerprint density at radius 1 is 1.38 bits per heavy atom. The Hall–Kier alpha value is -0.830. The van der Waals surface area contributed by atoms with E-state index >= 15 is 0 Å². The summed E-state index contributed by atoms with van der Waals surface area (Å²) >= 11 is 3.01. The van der Waals surface area contributed by atoms with E-state index in [2.05, 4.69) is 15.9 Å². The van der Waals surface area contributed by atoms with Crippen LogP contribution in [0, 0.1) is 17.6 Å². The van der Waals surface area contributed by atoms with Gasteiger partial charge in [-0.3, -0.25) is 4.18 Å². The van der Waals surface area contributed by atoms with Gasteiger partial charge in [-0.15, -0.1) is 0 Å². The second-order valence-electron chi connectivity index (χ2n) is 4.63. The predicted molar refractivity (Wildman–Crippen MR) is 77.1 cm³/mol. The molecular formula is C13H13BrF2O4S. The van der Waals surface area contributed by atoms with Crippen molar-refractivity contribution in [3.63, 3.8) is 0 Å². The quantitative estimate of drug-likeness (QED) is 0.593. The molecular weight excluding hydrogens is 370 g/mol. The van der Waals surface area contributed by atoms with Crippen molar-refractivity contribution in [2.75, 3.05) is 26.1 Å². The molecule has 0 N–H and O–H groups in total. The van der Waals surface area contributed by atoms with E-state index in [4.69, 9.17) is 8.92 Å². The molecule has 1 aromatic carbocycles. The third-order valence-corrected chi connectivity index (χ3v) is 4.16. The Kier molecular flexibility index (Phi) is 5.13. The normalized spacial score (nSPS) is 19.4. The first-order chi connectivity index (χ1) is 9.78. The molecule has 1 aliphatic rings. The Labute approximate surface area is 130 Å².